The van der Waals surface area contributed by atoms with Crippen LogP contribution in [0.1, 0.15) is 12.8 Å². The number of likely N-dealkylation sites (tertiary alicyclic amines) is 1. The van der Waals surface area contributed by atoms with Crippen LogP contribution in [-0.2, 0) is 14.3 Å². The van der Waals surface area contributed by atoms with Gasteiger partial charge >= 0.3 is 0 Å². The fourth-order valence-corrected chi connectivity index (χ4v) is 4.02. The van der Waals surface area contributed by atoms with E-state index in [1.807, 2.05) is 4.90 Å². The van der Waals surface area contributed by atoms with Crippen LogP contribution < -0.4 is 0 Å². The van der Waals surface area contributed by atoms with Crippen LogP contribution in [0, 0.1) is 11.7 Å². The van der Waals surface area contributed by atoms with Crippen LogP contribution in [0.3, 0.4) is 0 Å². The highest BCUT2D eigenvalue weighted by atomic mass is 32.2. The summed E-state index contributed by atoms with van der Waals surface area (Å²) in [6.45, 7) is 3.67. The molecule has 2 saturated heterocycles. The van der Waals surface area contributed by atoms with E-state index in [0.717, 1.165) is 17.7 Å². The average Bonchev–Trinajstić information content (AvgIpc) is 2.67. The summed E-state index contributed by atoms with van der Waals surface area (Å²) in [6, 6.07) is 6.14. The van der Waals surface area contributed by atoms with Crippen molar-refractivity contribution in [1.29, 1.82) is 0 Å². The van der Waals surface area contributed by atoms with Crippen molar-refractivity contribution in [1.82, 2.24) is 9.80 Å². The number of halogens is 1. The van der Waals surface area contributed by atoms with Gasteiger partial charge in [0.1, 0.15) is 5.82 Å². The maximum atomic E-state index is 12.9. The fourth-order valence-electron chi connectivity index (χ4n) is 3.21. The summed E-state index contributed by atoms with van der Waals surface area (Å²) in [5, 5.41) is 0. The van der Waals surface area contributed by atoms with Gasteiger partial charge in [-0.15, -0.1) is 11.8 Å². The summed E-state index contributed by atoms with van der Waals surface area (Å²) in [7, 11) is 0. The van der Waals surface area contributed by atoms with Gasteiger partial charge in [0.15, 0.2) is 0 Å². The van der Waals surface area contributed by atoms with E-state index in [0.29, 0.717) is 45.1 Å². The first kappa shape index (κ1) is 18.2. The van der Waals surface area contributed by atoms with Crippen molar-refractivity contribution in [3.05, 3.63) is 30.1 Å². The highest BCUT2D eigenvalue weighted by Gasteiger charge is 2.31. The summed E-state index contributed by atoms with van der Waals surface area (Å²) >= 11 is 1.40. The molecule has 0 radical (unpaired) electrons. The predicted molar refractivity (Wildman–Crippen MR) is 93.8 cm³/mol. The van der Waals surface area contributed by atoms with E-state index < -0.39 is 0 Å². The van der Waals surface area contributed by atoms with Gasteiger partial charge in [0.05, 0.1) is 24.9 Å². The smallest absolute Gasteiger partial charge is 0.232 e. The van der Waals surface area contributed by atoms with Gasteiger partial charge in [0, 0.05) is 31.1 Å². The molecule has 0 bridgehead atoms. The Morgan fingerprint density at radius 1 is 1.12 bits per heavy atom. The molecule has 0 spiro atoms. The van der Waals surface area contributed by atoms with Crippen molar-refractivity contribution < 1.29 is 18.7 Å². The summed E-state index contributed by atoms with van der Waals surface area (Å²) in [5.74, 6) is 0.105. The highest BCUT2D eigenvalue weighted by molar-refractivity contribution is 8.00. The molecular formula is C18H23FN2O3S. The number of carbonyl (C=O) groups is 2. The molecule has 5 nitrogen and oxygen atoms in total. The van der Waals surface area contributed by atoms with E-state index in [1.54, 1.807) is 17.0 Å². The third-order valence-corrected chi connectivity index (χ3v) is 5.62. The molecule has 1 unspecified atom stereocenters. The Morgan fingerprint density at radius 2 is 1.84 bits per heavy atom. The number of piperidine rings is 1. The molecular weight excluding hydrogens is 343 g/mol. The Labute approximate surface area is 151 Å². The van der Waals surface area contributed by atoms with E-state index >= 15 is 0 Å². The van der Waals surface area contributed by atoms with Crippen molar-refractivity contribution in [2.45, 2.75) is 17.7 Å². The number of thioether (sulfide) groups is 1. The first-order valence-corrected chi connectivity index (χ1v) is 9.65. The average molecular weight is 366 g/mol. The van der Waals surface area contributed by atoms with Crippen molar-refractivity contribution in [2.75, 3.05) is 45.1 Å². The topological polar surface area (TPSA) is 49.9 Å². The molecule has 1 atom stereocenters. The van der Waals surface area contributed by atoms with Crippen LogP contribution in [0.4, 0.5) is 4.39 Å². The molecule has 7 heteroatoms. The van der Waals surface area contributed by atoms with Crippen molar-refractivity contribution in [3.63, 3.8) is 0 Å². The lowest BCUT2D eigenvalue weighted by molar-refractivity contribution is -0.143. The molecule has 2 heterocycles. The lowest BCUT2D eigenvalue weighted by Crippen LogP contribution is -2.49. The Balaban J connectivity index is 1.50. The minimum absolute atomic E-state index is 0.0359. The molecule has 3 rings (SSSR count). The van der Waals surface area contributed by atoms with Crippen LogP contribution in [-0.4, -0.2) is 66.8 Å². The molecule has 1 aromatic carbocycles. The molecule has 2 aliphatic heterocycles. The molecule has 2 fully saturated rings. The Hall–Kier alpha value is -1.60. The molecule has 136 valence electrons. The SMILES string of the molecule is O=C(CSc1ccc(F)cc1)N1CCCC(C(=O)N2CCOCC2)C1. The van der Waals surface area contributed by atoms with Gasteiger partial charge in [-0.3, -0.25) is 9.59 Å². The van der Waals surface area contributed by atoms with E-state index in [2.05, 4.69) is 0 Å². The van der Waals surface area contributed by atoms with E-state index in [-0.39, 0.29) is 23.5 Å². The van der Waals surface area contributed by atoms with Crippen molar-refractivity contribution >= 4 is 23.6 Å². The zero-order valence-corrected chi connectivity index (χ0v) is 15.0. The number of rotatable bonds is 4. The van der Waals surface area contributed by atoms with Gasteiger partial charge in [0.2, 0.25) is 11.8 Å². The quantitative estimate of drug-likeness (QED) is 0.765. The van der Waals surface area contributed by atoms with Gasteiger partial charge in [-0.1, -0.05) is 0 Å². The maximum Gasteiger partial charge on any atom is 0.232 e. The van der Waals surface area contributed by atoms with Crippen LogP contribution in [0.5, 0.6) is 0 Å². The van der Waals surface area contributed by atoms with Gasteiger partial charge in [-0.25, -0.2) is 4.39 Å². The van der Waals surface area contributed by atoms with Crippen LogP contribution >= 0.6 is 11.8 Å². The first-order chi connectivity index (χ1) is 12.1. The minimum atomic E-state index is -0.281. The minimum Gasteiger partial charge on any atom is -0.378 e. The van der Waals surface area contributed by atoms with Gasteiger partial charge in [0.25, 0.3) is 0 Å². The second-order valence-corrected chi connectivity index (χ2v) is 7.41. The van der Waals surface area contributed by atoms with Gasteiger partial charge < -0.3 is 14.5 Å². The fraction of sp³-hybridized carbons (Fsp3) is 0.556. The standard InChI is InChI=1S/C18H23FN2O3S/c19-15-3-5-16(6-4-15)25-13-17(22)21-7-1-2-14(12-21)18(23)20-8-10-24-11-9-20/h3-6,14H,1-2,7-13H2. The molecule has 0 aromatic heterocycles. The molecule has 2 amide bonds. The molecule has 25 heavy (non-hydrogen) atoms. The second kappa shape index (κ2) is 8.67. The summed E-state index contributed by atoms with van der Waals surface area (Å²) in [5.41, 5.74) is 0. The maximum absolute atomic E-state index is 12.9. The number of benzene rings is 1. The summed E-state index contributed by atoms with van der Waals surface area (Å²) in [6.07, 6.45) is 1.69. The Kier molecular flexibility index (Phi) is 6.31. The highest BCUT2D eigenvalue weighted by Crippen LogP contribution is 2.23. The lowest BCUT2D eigenvalue weighted by Gasteiger charge is -2.36. The number of carbonyl (C=O) groups excluding carboxylic acids is 2. The summed E-state index contributed by atoms with van der Waals surface area (Å²) in [4.78, 5) is 29.6. The Morgan fingerprint density at radius 3 is 2.56 bits per heavy atom. The van der Waals surface area contributed by atoms with Gasteiger partial charge in [-0.2, -0.15) is 0 Å². The number of ether oxygens (including phenoxy) is 1. The molecule has 1 aromatic rings. The third-order valence-electron chi connectivity index (χ3n) is 4.62. The monoisotopic (exact) mass is 366 g/mol. The van der Waals surface area contributed by atoms with Gasteiger partial charge in [-0.05, 0) is 37.1 Å². The zero-order valence-electron chi connectivity index (χ0n) is 14.2. The number of amides is 2. The lowest BCUT2D eigenvalue weighted by atomic mass is 9.96. The number of nitrogens with zero attached hydrogens (tertiary/aromatic N) is 2. The number of hydrogen-bond acceptors (Lipinski definition) is 4. The van der Waals surface area contributed by atoms with E-state index in [9.17, 15) is 14.0 Å². The largest absolute Gasteiger partial charge is 0.378 e. The third kappa shape index (κ3) is 4.95. The molecule has 0 saturated carbocycles. The Bertz CT molecular complexity index is 605. The van der Waals surface area contributed by atoms with Crippen LogP contribution in [0.2, 0.25) is 0 Å². The van der Waals surface area contributed by atoms with E-state index in [1.165, 1.54) is 23.9 Å². The van der Waals surface area contributed by atoms with Crippen LogP contribution in [0.25, 0.3) is 0 Å². The number of hydrogen-bond donors (Lipinski definition) is 0. The predicted octanol–water partition coefficient (Wildman–Crippen LogP) is 2.02. The van der Waals surface area contributed by atoms with E-state index in [4.69, 9.17) is 4.74 Å². The molecule has 0 aliphatic carbocycles. The van der Waals surface area contributed by atoms with Crippen molar-refractivity contribution in [2.24, 2.45) is 5.92 Å². The zero-order chi connectivity index (χ0) is 17.6. The first-order valence-electron chi connectivity index (χ1n) is 8.66. The second-order valence-electron chi connectivity index (χ2n) is 6.36. The molecule has 0 N–H and O–H groups in total. The van der Waals surface area contributed by atoms with Crippen LogP contribution in [0.15, 0.2) is 29.2 Å². The summed E-state index contributed by atoms with van der Waals surface area (Å²) < 4.78 is 18.2. The normalized spacial score (nSPS) is 21.2. The number of morpholine rings is 1. The molecule has 2 aliphatic rings. The van der Waals surface area contributed by atoms with Crippen molar-refractivity contribution in [3.8, 4) is 0 Å².